The number of aromatic amines is 1. The van der Waals surface area contributed by atoms with E-state index in [2.05, 4.69) is 28.5 Å². The van der Waals surface area contributed by atoms with E-state index in [1.54, 1.807) is 24.5 Å². The molecule has 0 aliphatic carbocycles. The molecular formula is C24H25N3O2S. The molecule has 0 radical (unpaired) electrons. The highest BCUT2D eigenvalue weighted by atomic mass is 32.2. The molecule has 4 aromatic rings. The summed E-state index contributed by atoms with van der Waals surface area (Å²) in [5.74, 6) is 0.186. The van der Waals surface area contributed by atoms with Crippen molar-refractivity contribution in [1.82, 2.24) is 14.7 Å². The van der Waals surface area contributed by atoms with Gasteiger partial charge in [-0.15, -0.1) is 0 Å². The van der Waals surface area contributed by atoms with E-state index < -0.39 is 10.0 Å². The lowest BCUT2D eigenvalue weighted by atomic mass is 9.92. The molecule has 0 aliphatic rings. The molecule has 6 heteroatoms. The van der Waals surface area contributed by atoms with Crippen molar-refractivity contribution in [2.24, 2.45) is 0 Å². The summed E-state index contributed by atoms with van der Waals surface area (Å²) in [7, 11) is -3.63. The lowest BCUT2D eigenvalue weighted by Gasteiger charge is -2.18. The van der Waals surface area contributed by atoms with Gasteiger partial charge in [0, 0.05) is 42.0 Å². The number of hydrogen-bond donors (Lipinski definition) is 2. The molecule has 0 spiro atoms. The third kappa shape index (κ3) is 4.15. The Morgan fingerprint density at radius 3 is 2.43 bits per heavy atom. The SMILES string of the molecule is CC(C)c1ccc(S(=O)(=O)NCC(c2cccnc2)c2c[nH]c3ccccc23)cc1. The highest BCUT2D eigenvalue weighted by Gasteiger charge is 2.22. The Hall–Kier alpha value is -2.96. The van der Waals surface area contributed by atoms with E-state index in [1.807, 2.05) is 54.7 Å². The second kappa shape index (κ2) is 8.42. The zero-order valence-electron chi connectivity index (χ0n) is 17.0. The summed E-state index contributed by atoms with van der Waals surface area (Å²) in [5.41, 5.74) is 4.13. The van der Waals surface area contributed by atoms with E-state index in [4.69, 9.17) is 0 Å². The number of aromatic nitrogens is 2. The van der Waals surface area contributed by atoms with Crippen LogP contribution in [-0.2, 0) is 10.0 Å². The maximum Gasteiger partial charge on any atom is 0.240 e. The molecule has 0 saturated heterocycles. The second-order valence-corrected chi connectivity index (χ2v) is 9.47. The Labute approximate surface area is 177 Å². The van der Waals surface area contributed by atoms with E-state index in [9.17, 15) is 8.42 Å². The van der Waals surface area contributed by atoms with Crippen LogP contribution >= 0.6 is 0 Å². The van der Waals surface area contributed by atoms with E-state index in [1.165, 1.54) is 0 Å². The zero-order valence-corrected chi connectivity index (χ0v) is 17.9. The molecule has 154 valence electrons. The molecule has 4 rings (SSSR count). The Morgan fingerprint density at radius 1 is 0.967 bits per heavy atom. The van der Waals surface area contributed by atoms with Crippen LogP contribution in [-0.4, -0.2) is 24.9 Å². The molecule has 0 bridgehead atoms. The summed E-state index contributed by atoms with van der Waals surface area (Å²) >= 11 is 0. The number of nitrogens with one attached hydrogen (secondary N) is 2. The Kier molecular flexibility index (Phi) is 5.70. The molecule has 5 nitrogen and oxygen atoms in total. The van der Waals surface area contributed by atoms with E-state index in [0.29, 0.717) is 5.92 Å². The number of para-hydroxylation sites is 1. The van der Waals surface area contributed by atoms with Crippen molar-refractivity contribution in [2.75, 3.05) is 6.54 Å². The molecule has 2 aromatic heterocycles. The van der Waals surface area contributed by atoms with Crippen molar-refractivity contribution in [3.05, 3.63) is 95.9 Å². The number of rotatable bonds is 7. The van der Waals surface area contributed by atoms with Crippen LogP contribution in [0.25, 0.3) is 10.9 Å². The van der Waals surface area contributed by atoms with Crippen LogP contribution in [0, 0.1) is 0 Å². The summed E-state index contributed by atoms with van der Waals surface area (Å²) in [5, 5.41) is 1.08. The summed E-state index contributed by atoms with van der Waals surface area (Å²) in [4.78, 5) is 7.80. The number of nitrogens with zero attached hydrogens (tertiary/aromatic N) is 1. The van der Waals surface area contributed by atoms with Crippen LogP contribution in [0.15, 0.2) is 84.1 Å². The first-order valence-corrected chi connectivity index (χ1v) is 11.5. The van der Waals surface area contributed by atoms with Gasteiger partial charge in [0.25, 0.3) is 0 Å². The van der Waals surface area contributed by atoms with Crippen molar-refractivity contribution in [3.63, 3.8) is 0 Å². The predicted molar refractivity (Wildman–Crippen MR) is 120 cm³/mol. The fraction of sp³-hybridized carbons (Fsp3) is 0.208. The van der Waals surface area contributed by atoms with Gasteiger partial charge in [-0.05, 0) is 46.9 Å². The van der Waals surface area contributed by atoms with E-state index in [-0.39, 0.29) is 17.4 Å². The molecule has 0 aliphatic heterocycles. The quantitative estimate of drug-likeness (QED) is 0.452. The molecule has 1 unspecified atom stereocenters. The lowest BCUT2D eigenvalue weighted by molar-refractivity contribution is 0.577. The third-order valence-electron chi connectivity index (χ3n) is 5.42. The van der Waals surface area contributed by atoms with Crippen molar-refractivity contribution in [1.29, 1.82) is 0 Å². The minimum atomic E-state index is -3.63. The zero-order chi connectivity index (χ0) is 21.1. The fourth-order valence-corrected chi connectivity index (χ4v) is 4.73. The number of benzene rings is 2. The molecule has 2 N–H and O–H groups in total. The highest BCUT2D eigenvalue weighted by molar-refractivity contribution is 7.89. The summed E-state index contributed by atoms with van der Waals surface area (Å²) < 4.78 is 28.7. The van der Waals surface area contributed by atoms with Gasteiger partial charge < -0.3 is 4.98 Å². The standard InChI is InChI=1S/C24H25N3O2S/c1-17(2)18-9-11-20(12-10-18)30(28,29)27-16-22(19-6-5-13-25-14-19)23-15-26-24-8-4-3-7-21(23)24/h3-15,17,22,26-27H,16H2,1-2H3. The van der Waals surface area contributed by atoms with Crippen molar-refractivity contribution < 1.29 is 8.42 Å². The van der Waals surface area contributed by atoms with Crippen LogP contribution in [0.4, 0.5) is 0 Å². The molecule has 1 atom stereocenters. The summed E-state index contributed by atoms with van der Waals surface area (Å²) in [6.45, 7) is 4.41. The summed E-state index contributed by atoms with van der Waals surface area (Å²) in [6.07, 6.45) is 5.46. The van der Waals surface area contributed by atoms with Gasteiger partial charge in [0.05, 0.1) is 4.90 Å². The average Bonchev–Trinajstić information content (AvgIpc) is 3.19. The van der Waals surface area contributed by atoms with E-state index in [0.717, 1.165) is 27.6 Å². The van der Waals surface area contributed by atoms with Gasteiger partial charge >= 0.3 is 0 Å². The Balaban J connectivity index is 1.64. The van der Waals surface area contributed by atoms with Crippen LogP contribution in [0.5, 0.6) is 0 Å². The van der Waals surface area contributed by atoms with Crippen molar-refractivity contribution in [3.8, 4) is 0 Å². The molecular weight excluding hydrogens is 394 g/mol. The lowest BCUT2D eigenvalue weighted by Crippen LogP contribution is -2.29. The third-order valence-corrected chi connectivity index (χ3v) is 6.86. The summed E-state index contributed by atoms with van der Waals surface area (Å²) in [6, 6.07) is 19.0. The molecule has 2 aromatic carbocycles. The number of fused-ring (bicyclic) bond motifs is 1. The smallest absolute Gasteiger partial charge is 0.240 e. The monoisotopic (exact) mass is 419 g/mol. The van der Waals surface area contributed by atoms with Crippen LogP contribution in [0.1, 0.15) is 42.4 Å². The molecule has 0 saturated carbocycles. The van der Waals surface area contributed by atoms with Crippen molar-refractivity contribution in [2.45, 2.75) is 30.6 Å². The maximum atomic E-state index is 12.9. The first kappa shape index (κ1) is 20.3. The number of sulfonamides is 1. The molecule has 2 heterocycles. The van der Waals surface area contributed by atoms with Gasteiger partial charge in [0.1, 0.15) is 0 Å². The number of hydrogen-bond acceptors (Lipinski definition) is 3. The Morgan fingerprint density at radius 2 is 1.73 bits per heavy atom. The van der Waals surface area contributed by atoms with Crippen LogP contribution in [0.3, 0.4) is 0 Å². The number of pyridine rings is 1. The second-order valence-electron chi connectivity index (χ2n) is 7.70. The van der Waals surface area contributed by atoms with Gasteiger partial charge in [-0.25, -0.2) is 13.1 Å². The van der Waals surface area contributed by atoms with Gasteiger partial charge in [-0.2, -0.15) is 0 Å². The fourth-order valence-electron chi connectivity index (χ4n) is 3.68. The highest BCUT2D eigenvalue weighted by Crippen LogP contribution is 2.30. The topological polar surface area (TPSA) is 74.8 Å². The largest absolute Gasteiger partial charge is 0.361 e. The molecule has 0 amide bonds. The van der Waals surface area contributed by atoms with Crippen molar-refractivity contribution >= 4 is 20.9 Å². The van der Waals surface area contributed by atoms with Gasteiger partial charge in [-0.1, -0.05) is 50.2 Å². The van der Waals surface area contributed by atoms with Gasteiger partial charge in [0.15, 0.2) is 0 Å². The van der Waals surface area contributed by atoms with Gasteiger partial charge in [-0.3, -0.25) is 4.98 Å². The molecule has 0 fully saturated rings. The predicted octanol–water partition coefficient (Wildman–Crippen LogP) is 4.80. The average molecular weight is 420 g/mol. The minimum Gasteiger partial charge on any atom is -0.361 e. The van der Waals surface area contributed by atoms with Crippen LogP contribution < -0.4 is 4.72 Å². The maximum absolute atomic E-state index is 12.9. The number of H-pyrrole nitrogens is 1. The van der Waals surface area contributed by atoms with E-state index >= 15 is 0 Å². The minimum absolute atomic E-state index is 0.167. The normalized spacial score (nSPS) is 13.0. The first-order chi connectivity index (χ1) is 14.5. The van der Waals surface area contributed by atoms with Gasteiger partial charge in [0.2, 0.25) is 10.0 Å². The first-order valence-electron chi connectivity index (χ1n) is 10.0. The Bertz CT molecular complexity index is 1230. The molecule has 30 heavy (non-hydrogen) atoms. The van der Waals surface area contributed by atoms with Crippen LogP contribution in [0.2, 0.25) is 0 Å².